The van der Waals surface area contributed by atoms with Crippen molar-refractivity contribution in [3.63, 3.8) is 0 Å². The Morgan fingerprint density at radius 2 is 2.04 bits per heavy atom. The Morgan fingerprint density at radius 1 is 1.21 bits per heavy atom. The number of hydrogen-bond acceptors (Lipinski definition) is 2. The van der Waals surface area contributed by atoms with Crippen molar-refractivity contribution in [3.05, 3.63) is 35.0 Å². The molecule has 1 N–H and O–H groups in total. The lowest BCUT2D eigenvalue weighted by atomic mass is 9.97. The summed E-state index contributed by atoms with van der Waals surface area (Å²) < 4.78 is 2.17. The minimum Gasteiger partial charge on any atom is -0.481 e. The molecule has 0 radical (unpaired) electrons. The minimum atomic E-state index is -0.802. The number of carboxylic acid groups (broad SMARTS) is 1. The molecule has 5 heteroatoms. The van der Waals surface area contributed by atoms with E-state index in [4.69, 9.17) is 0 Å². The van der Waals surface area contributed by atoms with Gasteiger partial charge < -0.3 is 14.6 Å². The third-order valence-electron chi connectivity index (χ3n) is 5.58. The highest BCUT2D eigenvalue weighted by molar-refractivity contribution is 6.07. The van der Waals surface area contributed by atoms with Crippen LogP contribution in [0, 0.1) is 5.92 Å². The second-order valence-electron chi connectivity index (χ2n) is 6.97. The number of aromatic nitrogens is 1. The van der Waals surface area contributed by atoms with Crippen LogP contribution in [0.3, 0.4) is 0 Å². The van der Waals surface area contributed by atoms with Crippen LogP contribution in [0.4, 0.5) is 0 Å². The van der Waals surface area contributed by atoms with Gasteiger partial charge in [0.05, 0.1) is 17.0 Å². The quantitative estimate of drug-likeness (QED) is 0.923. The molecule has 4 rings (SSSR count). The van der Waals surface area contributed by atoms with Gasteiger partial charge in [0.25, 0.3) is 5.91 Å². The first-order valence-corrected chi connectivity index (χ1v) is 8.69. The number of hydrogen-bond donors (Lipinski definition) is 1. The molecule has 24 heavy (non-hydrogen) atoms. The lowest BCUT2D eigenvalue weighted by Crippen LogP contribution is -2.42. The van der Waals surface area contributed by atoms with E-state index in [-0.39, 0.29) is 5.91 Å². The molecule has 2 heterocycles. The molecule has 0 spiro atoms. The number of para-hydroxylation sites is 1. The van der Waals surface area contributed by atoms with Gasteiger partial charge in [-0.15, -0.1) is 0 Å². The van der Waals surface area contributed by atoms with Gasteiger partial charge in [-0.25, -0.2) is 0 Å². The van der Waals surface area contributed by atoms with Crippen LogP contribution in [0.25, 0.3) is 10.9 Å². The van der Waals surface area contributed by atoms with Gasteiger partial charge in [-0.05, 0) is 43.7 Å². The van der Waals surface area contributed by atoms with Gasteiger partial charge in [0.2, 0.25) is 0 Å². The molecule has 2 aromatic rings. The molecule has 1 unspecified atom stereocenters. The topological polar surface area (TPSA) is 62.5 Å². The average Bonchev–Trinajstić information content (AvgIpc) is 3.18. The molecule has 1 saturated heterocycles. The summed E-state index contributed by atoms with van der Waals surface area (Å²) >= 11 is 0. The van der Waals surface area contributed by atoms with E-state index in [1.54, 1.807) is 4.90 Å². The highest BCUT2D eigenvalue weighted by Gasteiger charge is 2.30. The van der Waals surface area contributed by atoms with E-state index in [9.17, 15) is 14.7 Å². The average molecular weight is 326 g/mol. The summed E-state index contributed by atoms with van der Waals surface area (Å²) in [6.07, 6.45) is 4.73. The van der Waals surface area contributed by atoms with Gasteiger partial charge >= 0.3 is 5.97 Å². The van der Waals surface area contributed by atoms with E-state index in [1.807, 2.05) is 19.2 Å². The van der Waals surface area contributed by atoms with E-state index < -0.39 is 11.9 Å². The van der Waals surface area contributed by atoms with E-state index in [1.165, 1.54) is 23.1 Å². The molecule has 1 fully saturated rings. The molecule has 0 saturated carbocycles. The summed E-state index contributed by atoms with van der Waals surface area (Å²) in [5.74, 6) is -1.28. The first-order chi connectivity index (χ1) is 11.6. The lowest BCUT2D eigenvalue weighted by Gasteiger charge is -2.31. The number of benzene rings is 1. The molecular weight excluding hydrogens is 304 g/mol. The first-order valence-electron chi connectivity index (χ1n) is 8.69. The Bertz CT molecular complexity index is 837. The molecule has 126 valence electrons. The number of carbonyl (C=O) groups is 2. The van der Waals surface area contributed by atoms with Crippen molar-refractivity contribution in [1.29, 1.82) is 0 Å². The van der Waals surface area contributed by atoms with Crippen LogP contribution < -0.4 is 0 Å². The zero-order valence-corrected chi connectivity index (χ0v) is 13.9. The zero-order valence-electron chi connectivity index (χ0n) is 13.9. The predicted octanol–water partition coefficient (Wildman–Crippen LogP) is 2.60. The highest BCUT2D eigenvalue weighted by atomic mass is 16.4. The van der Waals surface area contributed by atoms with Gasteiger partial charge in [0.1, 0.15) is 0 Å². The van der Waals surface area contributed by atoms with Crippen molar-refractivity contribution in [2.24, 2.45) is 13.0 Å². The van der Waals surface area contributed by atoms with Crippen LogP contribution in [0.15, 0.2) is 18.2 Å². The predicted molar refractivity (Wildman–Crippen MR) is 91.2 cm³/mol. The zero-order chi connectivity index (χ0) is 16.8. The van der Waals surface area contributed by atoms with Crippen LogP contribution in [0.5, 0.6) is 0 Å². The third-order valence-corrected chi connectivity index (χ3v) is 5.58. The number of likely N-dealkylation sites (tertiary alicyclic amines) is 1. The molecule has 1 aliphatic carbocycles. The highest BCUT2D eigenvalue weighted by Crippen LogP contribution is 2.34. The molecule has 1 aromatic heterocycles. The van der Waals surface area contributed by atoms with Gasteiger partial charge in [-0.1, -0.05) is 12.1 Å². The largest absolute Gasteiger partial charge is 0.481 e. The van der Waals surface area contributed by atoms with Crippen molar-refractivity contribution in [2.75, 3.05) is 13.1 Å². The van der Waals surface area contributed by atoms with Gasteiger partial charge in [0.15, 0.2) is 0 Å². The summed E-state index contributed by atoms with van der Waals surface area (Å²) in [4.78, 5) is 26.1. The number of carboxylic acids is 1. The van der Waals surface area contributed by atoms with Crippen LogP contribution in [0.2, 0.25) is 0 Å². The van der Waals surface area contributed by atoms with Gasteiger partial charge in [0, 0.05) is 31.2 Å². The van der Waals surface area contributed by atoms with Crippen molar-refractivity contribution in [3.8, 4) is 0 Å². The van der Waals surface area contributed by atoms with E-state index in [2.05, 4.69) is 10.6 Å². The van der Waals surface area contributed by atoms with Gasteiger partial charge in [-0.3, -0.25) is 9.59 Å². The van der Waals surface area contributed by atoms with E-state index in [0.717, 1.165) is 24.8 Å². The standard InChI is InChI=1S/C19H22N2O3/c1-20-16-9-3-6-13(16)14-7-2-8-15(17(14)20)18(22)21-10-4-5-12(11-21)19(23)24/h2,7-8,12H,3-6,9-11H2,1H3,(H,23,24). The smallest absolute Gasteiger partial charge is 0.308 e. The summed E-state index contributed by atoms with van der Waals surface area (Å²) in [7, 11) is 2.04. The Hall–Kier alpha value is -2.30. The fraction of sp³-hybridized carbons (Fsp3) is 0.474. The van der Waals surface area contributed by atoms with Crippen LogP contribution >= 0.6 is 0 Å². The first kappa shape index (κ1) is 15.2. The number of rotatable bonds is 2. The Balaban J connectivity index is 1.74. The monoisotopic (exact) mass is 326 g/mol. The number of piperidine rings is 1. The van der Waals surface area contributed by atoms with Crippen LogP contribution in [-0.4, -0.2) is 39.5 Å². The Labute approximate surface area is 140 Å². The maximum atomic E-state index is 13.1. The number of carbonyl (C=O) groups excluding carboxylic acids is 1. The van der Waals surface area contributed by atoms with Crippen molar-refractivity contribution < 1.29 is 14.7 Å². The van der Waals surface area contributed by atoms with E-state index in [0.29, 0.717) is 25.1 Å². The van der Waals surface area contributed by atoms with E-state index >= 15 is 0 Å². The van der Waals surface area contributed by atoms with Crippen molar-refractivity contribution >= 4 is 22.8 Å². The Morgan fingerprint density at radius 3 is 2.83 bits per heavy atom. The molecular formula is C19H22N2O3. The molecule has 5 nitrogen and oxygen atoms in total. The second kappa shape index (κ2) is 5.65. The molecule has 1 aromatic carbocycles. The van der Waals surface area contributed by atoms with Gasteiger partial charge in [-0.2, -0.15) is 0 Å². The fourth-order valence-corrected chi connectivity index (χ4v) is 4.38. The number of fused-ring (bicyclic) bond motifs is 3. The second-order valence-corrected chi connectivity index (χ2v) is 6.97. The molecule has 1 atom stereocenters. The summed E-state index contributed by atoms with van der Waals surface area (Å²) in [5.41, 5.74) is 4.43. The summed E-state index contributed by atoms with van der Waals surface area (Å²) in [5, 5.41) is 10.4. The van der Waals surface area contributed by atoms with Crippen molar-refractivity contribution in [1.82, 2.24) is 9.47 Å². The van der Waals surface area contributed by atoms with Crippen LogP contribution in [-0.2, 0) is 24.7 Å². The number of aliphatic carboxylic acids is 1. The maximum Gasteiger partial charge on any atom is 0.308 e. The SMILES string of the molecule is Cn1c2c(c3cccc(C(=O)N4CCCC(C(=O)O)C4)c31)CCC2. The minimum absolute atomic E-state index is 0.0363. The third kappa shape index (κ3) is 2.22. The molecule has 0 bridgehead atoms. The molecule has 1 amide bonds. The lowest BCUT2D eigenvalue weighted by molar-refractivity contribution is -0.143. The van der Waals surface area contributed by atoms with Crippen LogP contribution in [0.1, 0.15) is 40.9 Å². The fourth-order valence-electron chi connectivity index (χ4n) is 4.38. The summed E-state index contributed by atoms with van der Waals surface area (Å²) in [6.45, 7) is 0.956. The Kier molecular flexibility index (Phi) is 3.59. The number of amides is 1. The van der Waals surface area contributed by atoms with Crippen molar-refractivity contribution in [2.45, 2.75) is 32.1 Å². The summed E-state index contributed by atoms with van der Waals surface area (Å²) in [6, 6.07) is 5.93. The normalized spacial score (nSPS) is 20.4. The number of aryl methyl sites for hydroxylation is 2. The molecule has 1 aliphatic heterocycles. The molecule has 2 aliphatic rings. The number of nitrogens with zero attached hydrogens (tertiary/aromatic N) is 2. The maximum absolute atomic E-state index is 13.1.